The number of hydrogen-bond donors (Lipinski definition) is 0. The molecule has 0 radical (unpaired) electrons. The van der Waals surface area contributed by atoms with Gasteiger partial charge in [0.25, 0.3) is 0 Å². The molecule has 1 aromatic carbocycles. The minimum Gasteiger partial charge on any atom is -0.265 e. The summed E-state index contributed by atoms with van der Waals surface area (Å²) in [5.41, 5.74) is 10.00. The lowest BCUT2D eigenvalue weighted by atomic mass is 10.1. The van der Waals surface area contributed by atoms with Gasteiger partial charge in [-0.05, 0) is 17.7 Å². The molecule has 0 unspecified atom stereocenters. The molecule has 7 heteroatoms. The molecule has 0 aliphatic rings. The maximum Gasteiger partial charge on any atom is 0.120 e. The Labute approximate surface area is 108 Å². The van der Waals surface area contributed by atoms with Crippen LogP contribution in [0.5, 0.6) is 0 Å². The number of azide groups is 1. The maximum atomic E-state index is 9.04. The minimum absolute atomic E-state index is 0.0543. The average Bonchev–Trinajstić information content (AvgIpc) is 2.80. The molecule has 0 N–H and O–H groups in total. The largest absolute Gasteiger partial charge is 0.265 e. The summed E-state index contributed by atoms with van der Waals surface area (Å²) in [6.07, 6.45) is 1.54. The normalized spacial score (nSPS) is 9.56. The molecule has 0 aliphatic carbocycles. The second-order valence-corrected chi connectivity index (χ2v) is 3.86. The van der Waals surface area contributed by atoms with Gasteiger partial charge in [0.2, 0.25) is 0 Å². The Morgan fingerprint density at radius 1 is 1.44 bits per heavy atom. The first-order valence-corrected chi connectivity index (χ1v) is 5.36. The summed E-state index contributed by atoms with van der Waals surface area (Å²) < 4.78 is 1.42. The van der Waals surface area contributed by atoms with Crippen LogP contribution < -0.4 is 0 Å². The van der Waals surface area contributed by atoms with Crippen LogP contribution in [0.1, 0.15) is 5.56 Å². The summed E-state index contributed by atoms with van der Waals surface area (Å²) in [6, 6.07) is 9.07. The van der Waals surface area contributed by atoms with E-state index in [1.54, 1.807) is 30.5 Å². The van der Waals surface area contributed by atoms with Gasteiger partial charge < -0.3 is 0 Å². The molecular formula is C11H7ClN6. The molecule has 0 aliphatic heterocycles. The molecule has 1 heterocycles. The lowest BCUT2D eigenvalue weighted by Gasteiger charge is -1.97. The number of nitriles is 1. The Hall–Kier alpha value is -2.48. The molecule has 6 nitrogen and oxygen atoms in total. The van der Waals surface area contributed by atoms with Crippen molar-refractivity contribution in [2.24, 2.45) is 5.11 Å². The van der Waals surface area contributed by atoms with Crippen molar-refractivity contribution in [3.8, 4) is 17.3 Å². The van der Waals surface area contributed by atoms with Gasteiger partial charge in [-0.1, -0.05) is 28.8 Å². The number of nitrogens with zero attached hydrogens (tertiary/aromatic N) is 6. The van der Waals surface area contributed by atoms with Gasteiger partial charge in [0.1, 0.15) is 18.4 Å². The van der Waals surface area contributed by atoms with E-state index < -0.39 is 0 Å². The molecule has 0 fully saturated rings. The number of aromatic nitrogens is 2. The van der Waals surface area contributed by atoms with Gasteiger partial charge in [-0.2, -0.15) is 10.4 Å². The molecule has 0 spiro atoms. The monoisotopic (exact) mass is 258 g/mol. The van der Waals surface area contributed by atoms with E-state index in [0.29, 0.717) is 16.3 Å². The van der Waals surface area contributed by atoms with Gasteiger partial charge in [-0.3, -0.25) is 4.68 Å². The van der Waals surface area contributed by atoms with Crippen molar-refractivity contribution in [2.45, 2.75) is 6.67 Å². The van der Waals surface area contributed by atoms with Gasteiger partial charge in [0, 0.05) is 21.7 Å². The summed E-state index contributed by atoms with van der Waals surface area (Å²) >= 11 is 5.80. The Kier molecular flexibility index (Phi) is 3.49. The smallest absolute Gasteiger partial charge is 0.120 e. The Bertz CT molecular complexity index is 645. The molecule has 0 amide bonds. The lowest BCUT2D eigenvalue weighted by Crippen LogP contribution is -1.94. The van der Waals surface area contributed by atoms with Crippen molar-refractivity contribution < 1.29 is 0 Å². The van der Waals surface area contributed by atoms with E-state index in [1.165, 1.54) is 4.68 Å². The number of rotatable bonds is 3. The zero-order valence-electron chi connectivity index (χ0n) is 9.16. The second kappa shape index (κ2) is 5.23. The highest BCUT2D eigenvalue weighted by molar-refractivity contribution is 6.30. The fraction of sp³-hybridized carbons (Fsp3) is 0.0909. The Balaban J connectivity index is 2.43. The molecule has 1 aromatic heterocycles. The third kappa shape index (κ3) is 2.43. The van der Waals surface area contributed by atoms with E-state index in [4.69, 9.17) is 22.4 Å². The third-order valence-electron chi connectivity index (χ3n) is 2.27. The quantitative estimate of drug-likeness (QED) is 0.480. The van der Waals surface area contributed by atoms with Crippen LogP contribution in [-0.2, 0) is 6.67 Å². The van der Waals surface area contributed by atoms with Crippen molar-refractivity contribution in [1.82, 2.24) is 9.78 Å². The predicted molar refractivity (Wildman–Crippen MR) is 66.5 cm³/mol. The maximum absolute atomic E-state index is 9.04. The van der Waals surface area contributed by atoms with Gasteiger partial charge in [-0.25, -0.2) is 0 Å². The van der Waals surface area contributed by atoms with E-state index in [9.17, 15) is 0 Å². The molecule has 2 aromatic rings. The first-order chi connectivity index (χ1) is 8.74. The van der Waals surface area contributed by atoms with Crippen LogP contribution in [0.4, 0.5) is 0 Å². The third-order valence-corrected chi connectivity index (χ3v) is 2.52. The number of benzene rings is 1. The van der Waals surface area contributed by atoms with Crippen molar-refractivity contribution in [1.29, 1.82) is 5.26 Å². The van der Waals surface area contributed by atoms with Crippen LogP contribution in [-0.4, -0.2) is 9.78 Å². The fourth-order valence-electron chi connectivity index (χ4n) is 1.49. The molecule has 0 bridgehead atoms. The molecule has 0 atom stereocenters. The van der Waals surface area contributed by atoms with Crippen LogP contribution in [0.25, 0.3) is 21.7 Å². The number of hydrogen-bond acceptors (Lipinski definition) is 3. The highest BCUT2D eigenvalue weighted by Crippen LogP contribution is 2.23. The molecule has 18 heavy (non-hydrogen) atoms. The summed E-state index contributed by atoms with van der Waals surface area (Å²) in [4.78, 5) is 2.64. The first kappa shape index (κ1) is 12.0. The van der Waals surface area contributed by atoms with Crippen LogP contribution in [0.15, 0.2) is 35.6 Å². The fourth-order valence-corrected chi connectivity index (χ4v) is 1.62. The van der Waals surface area contributed by atoms with Crippen molar-refractivity contribution in [2.75, 3.05) is 0 Å². The van der Waals surface area contributed by atoms with E-state index in [1.807, 2.05) is 0 Å². The summed E-state index contributed by atoms with van der Waals surface area (Å²) in [5.74, 6) is 0. The molecule has 88 valence electrons. The average molecular weight is 259 g/mol. The predicted octanol–water partition coefficient (Wildman–Crippen LogP) is 3.34. The second-order valence-electron chi connectivity index (χ2n) is 3.42. The van der Waals surface area contributed by atoms with Crippen molar-refractivity contribution in [3.63, 3.8) is 0 Å². The van der Waals surface area contributed by atoms with E-state index in [0.717, 1.165) is 5.56 Å². The van der Waals surface area contributed by atoms with E-state index >= 15 is 0 Å². The van der Waals surface area contributed by atoms with Gasteiger partial charge in [0.15, 0.2) is 0 Å². The van der Waals surface area contributed by atoms with Crippen LogP contribution in [0.3, 0.4) is 0 Å². The van der Waals surface area contributed by atoms with Gasteiger partial charge in [0.05, 0.1) is 5.56 Å². The van der Waals surface area contributed by atoms with Crippen LogP contribution in [0, 0.1) is 11.3 Å². The van der Waals surface area contributed by atoms with Crippen molar-refractivity contribution in [3.05, 3.63) is 51.5 Å². The summed E-state index contributed by atoms with van der Waals surface area (Å²) in [5, 5.41) is 17.3. The summed E-state index contributed by atoms with van der Waals surface area (Å²) in [7, 11) is 0. The summed E-state index contributed by atoms with van der Waals surface area (Å²) in [6.45, 7) is 0.0543. The van der Waals surface area contributed by atoms with E-state index in [2.05, 4.69) is 21.2 Å². The highest BCUT2D eigenvalue weighted by atomic mass is 35.5. The van der Waals surface area contributed by atoms with Crippen LogP contribution in [0.2, 0.25) is 5.02 Å². The van der Waals surface area contributed by atoms with Gasteiger partial charge >= 0.3 is 0 Å². The molecule has 0 saturated carbocycles. The topological polar surface area (TPSA) is 90.4 Å². The Morgan fingerprint density at radius 3 is 2.78 bits per heavy atom. The minimum atomic E-state index is 0.0543. The van der Waals surface area contributed by atoms with Gasteiger partial charge in [-0.15, -0.1) is 0 Å². The zero-order chi connectivity index (χ0) is 13.0. The zero-order valence-corrected chi connectivity index (χ0v) is 9.91. The molecular weight excluding hydrogens is 252 g/mol. The SMILES string of the molecule is N#Cc1cn(CN=[N+]=[N-])nc1-c1ccc(Cl)cc1. The van der Waals surface area contributed by atoms with Crippen LogP contribution >= 0.6 is 11.6 Å². The highest BCUT2D eigenvalue weighted by Gasteiger charge is 2.10. The van der Waals surface area contributed by atoms with E-state index in [-0.39, 0.29) is 6.67 Å². The first-order valence-electron chi connectivity index (χ1n) is 4.99. The Morgan fingerprint density at radius 2 is 2.17 bits per heavy atom. The standard InChI is InChI=1S/C11H7ClN6/c12-10-3-1-8(2-4-10)11-9(5-13)6-18(16-11)7-15-17-14/h1-4,6H,7H2. The molecule has 0 saturated heterocycles. The number of halogens is 1. The lowest BCUT2D eigenvalue weighted by molar-refractivity contribution is 0.637. The molecule has 2 rings (SSSR count). The van der Waals surface area contributed by atoms with Crippen molar-refractivity contribution >= 4 is 11.6 Å².